The second-order valence-electron chi connectivity index (χ2n) is 7.89. The summed E-state index contributed by atoms with van der Waals surface area (Å²) in [4.78, 5) is 11.9. The highest BCUT2D eigenvalue weighted by Crippen LogP contribution is 2.21. The van der Waals surface area contributed by atoms with Gasteiger partial charge in [-0.05, 0) is 49.2 Å². The van der Waals surface area contributed by atoms with E-state index in [0.29, 0.717) is 50.3 Å². The number of rotatable bonds is 14. The van der Waals surface area contributed by atoms with Crippen molar-refractivity contribution in [2.75, 3.05) is 39.5 Å². The van der Waals surface area contributed by atoms with Crippen LogP contribution in [-0.2, 0) is 4.74 Å². The van der Waals surface area contributed by atoms with Gasteiger partial charge >= 0.3 is 0 Å². The van der Waals surface area contributed by atoms with E-state index in [-0.39, 0.29) is 12.5 Å². The maximum Gasteiger partial charge on any atom is 0.251 e. The molecule has 1 unspecified atom stereocenters. The van der Waals surface area contributed by atoms with Crippen LogP contribution >= 0.6 is 0 Å². The smallest absolute Gasteiger partial charge is 0.251 e. The molecular formula is C25H34N2O5. The minimum absolute atomic E-state index is 0.106. The van der Waals surface area contributed by atoms with E-state index in [4.69, 9.17) is 14.2 Å². The van der Waals surface area contributed by atoms with Crippen molar-refractivity contribution in [3.63, 3.8) is 0 Å². The van der Waals surface area contributed by atoms with Crippen LogP contribution in [0.5, 0.6) is 11.5 Å². The standard InChI is InChI=1S/C25H34N2O5/c28-21(18-26-14-15-27-25(29)20-6-2-1-3-7-20)19-32-24-12-10-23(11-13-24)31-17-16-30-22-8-4-5-9-22/h1-3,6-7,10-13,21-22,26,28H,4-5,8-9,14-19H2,(H,27,29). The van der Waals surface area contributed by atoms with E-state index < -0.39 is 6.10 Å². The van der Waals surface area contributed by atoms with Crippen molar-refractivity contribution in [2.45, 2.75) is 37.9 Å². The fraction of sp³-hybridized carbons (Fsp3) is 0.480. The monoisotopic (exact) mass is 442 g/mol. The lowest BCUT2D eigenvalue weighted by atomic mass is 10.2. The molecule has 3 N–H and O–H groups in total. The number of carbonyl (C=O) groups is 1. The molecule has 32 heavy (non-hydrogen) atoms. The zero-order valence-corrected chi connectivity index (χ0v) is 18.5. The topological polar surface area (TPSA) is 89.1 Å². The average Bonchev–Trinajstić information content (AvgIpc) is 3.35. The Labute approximate surface area is 190 Å². The maximum absolute atomic E-state index is 11.9. The fourth-order valence-corrected chi connectivity index (χ4v) is 3.54. The van der Waals surface area contributed by atoms with Crippen molar-refractivity contribution in [2.24, 2.45) is 0 Å². The molecule has 3 rings (SSSR count). The molecule has 0 radical (unpaired) electrons. The van der Waals surface area contributed by atoms with Crippen LogP contribution in [0.25, 0.3) is 0 Å². The van der Waals surface area contributed by atoms with Gasteiger partial charge in [0.2, 0.25) is 0 Å². The molecule has 0 saturated heterocycles. The molecule has 7 nitrogen and oxygen atoms in total. The molecule has 1 fully saturated rings. The summed E-state index contributed by atoms with van der Waals surface area (Å²) in [5, 5.41) is 16.0. The van der Waals surface area contributed by atoms with Crippen molar-refractivity contribution >= 4 is 5.91 Å². The van der Waals surface area contributed by atoms with Crippen molar-refractivity contribution in [3.8, 4) is 11.5 Å². The van der Waals surface area contributed by atoms with Gasteiger partial charge in [-0.2, -0.15) is 0 Å². The van der Waals surface area contributed by atoms with Crippen LogP contribution in [0.1, 0.15) is 36.0 Å². The molecule has 174 valence electrons. The number of ether oxygens (including phenoxy) is 3. The predicted molar refractivity (Wildman–Crippen MR) is 123 cm³/mol. The minimum Gasteiger partial charge on any atom is -0.491 e. The Hall–Kier alpha value is -2.61. The summed E-state index contributed by atoms with van der Waals surface area (Å²) in [5.41, 5.74) is 0.634. The van der Waals surface area contributed by atoms with Gasteiger partial charge in [-0.25, -0.2) is 0 Å². The van der Waals surface area contributed by atoms with Crippen LogP contribution in [0.4, 0.5) is 0 Å². The molecular weight excluding hydrogens is 408 g/mol. The van der Waals surface area contributed by atoms with Gasteiger partial charge in [0, 0.05) is 25.2 Å². The molecule has 0 heterocycles. The number of hydrogen-bond acceptors (Lipinski definition) is 6. The molecule has 1 atom stereocenters. The Morgan fingerprint density at radius 3 is 2.34 bits per heavy atom. The zero-order chi connectivity index (χ0) is 22.4. The van der Waals surface area contributed by atoms with Crippen LogP contribution in [0.2, 0.25) is 0 Å². The number of amides is 1. The maximum atomic E-state index is 11.9. The summed E-state index contributed by atoms with van der Waals surface area (Å²) in [6.45, 7) is 2.74. The molecule has 0 spiro atoms. The lowest BCUT2D eigenvalue weighted by Crippen LogP contribution is -2.37. The molecule has 1 aliphatic carbocycles. The van der Waals surface area contributed by atoms with E-state index in [9.17, 15) is 9.90 Å². The first-order chi connectivity index (χ1) is 15.7. The van der Waals surface area contributed by atoms with Gasteiger partial charge in [-0.3, -0.25) is 4.79 Å². The van der Waals surface area contributed by atoms with Crippen molar-refractivity contribution < 1.29 is 24.1 Å². The van der Waals surface area contributed by atoms with Crippen LogP contribution in [0.3, 0.4) is 0 Å². The Kier molecular flexibility index (Phi) is 10.3. The molecule has 1 aliphatic rings. The van der Waals surface area contributed by atoms with E-state index in [1.54, 1.807) is 12.1 Å². The van der Waals surface area contributed by atoms with Crippen LogP contribution in [-0.4, -0.2) is 62.7 Å². The molecule has 0 bridgehead atoms. The van der Waals surface area contributed by atoms with E-state index in [2.05, 4.69) is 10.6 Å². The molecule has 7 heteroatoms. The molecule has 0 aromatic heterocycles. The van der Waals surface area contributed by atoms with Gasteiger partial charge in [0.1, 0.15) is 30.8 Å². The van der Waals surface area contributed by atoms with Gasteiger partial charge in [0.05, 0.1) is 12.7 Å². The highest BCUT2D eigenvalue weighted by Gasteiger charge is 2.14. The highest BCUT2D eigenvalue weighted by atomic mass is 16.5. The summed E-state index contributed by atoms with van der Waals surface area (Å²) in [6.07, 6.45) is 4.62. The zero-order valence-electron chi connectivity index (χ0n) is 18.5. The number of aliphatic hydroxyl groups excluding tert-OH is 1. The van der Waals surface area contributed by atoms with E-state index in [1.807, 2.05) is 42.5 Å². The number of carbonyl (C=O) groups excluding carboxylic acids is 1. The quantitative estimate of drug-likeness (QED) is 0.390. The van der Waals surface area contributed by atoms with Gasteiger partial charge < -0.3 is 30.0 Å². The summed E-state index contributed by atoms with van der Waals surface area (Å²) in [6, 6.07) is 16.4. The molecule has 1 amide bonds. The molecule has 1 saturated carbocycles. The lowest BCUT2D eigenvalue weighted by molar-refractivity contribution is 0.0382. The van der Waals surface area contributed by atoms with E-state index >= 15 is 0 Å². The number of hydrogen-bond donors (Lipinski definition) is 3. The second-order valence-corrected chi connectivity index (χ2v) is 7.89. The Morgan fingerprint density at radius 1 is 0.938 bits per heavy atom. The van der Waals surface area contributed by atoms with Crippen molar-refractivity contribution in [1.82, 2.24) is 10.6 Å². The van der Waals surface area contributed by atoms with Crippen molar-refractivity contribution in [3.05, 3.63) is 60.2 Å². The Balaban J connectivity index is 1.21. The van der Waals surface area contributed by atoms with Gasteiger partial charge in [-0.15, -0.1) is 0 Å². The first-order valence-electron chi connectivity index (χ1n) is 11.4. The predicted octanol–water partition coefficient (Wildman–Crippen LogP) is 2.78. The van der Waals surface area contributed by atoms with Crippen LogP contribution < -0.4 is 20.1 Å². The van der Waals surface area contributed by atoms with Crippen molar-refractivity contribution in [1.29, 1.82) is 0 Å². The molecule has 0 aliphatic heterocycles. The second kappa shape index (κ2) is 13.7. The summed E-state index contributed by atoms with van der Waals surface area (Å²) < 4.78 is 17.1. The first kappa shape index (κ1) is 24.0. The van der Waals surface area contributed by atoms with E-state index in [1.165, 1.54) is 12.8 Å². The third-order valence-electron chi connectivity index (χ3n) is 5.28. The number of aliphatic hydroxyl groups is 1. The SMILES string of the molecule is O=C(NCCNCC(O)COc1ccc(OCCOC2CCCC2)cc1)c1ccccc1. The normalized spacial score (nSPS) is 14.8. The summed E-state index contributed by atoms with van der Waals surface area (Å²) in [7, 11) is 0. The number of nitrogens with one attached hydrogen (secondary N) is 2. The highest BCUT2D eigenvalue weighted by molar-refractivity contribution is 5.94. The first-order valence-corrected chi connectivity index (χ1v) is 11.4. The third kappa shape index (κ3) is 8.86. The van der Waals surface area contributed by atoms with Crippen LogP contribution in [0.15, 0.2) is 54.6 Å². The van der Waals surface area contributed by atoms with Gasteiger partial charge in [0.25, 0.3) is 5.91 Å². The Morgan fingerprint density at radius 2 is 1.62 bits per heavy atom. The molecule has 2 aromatic rings. The Bertz CT molecular complexity index is 779. The summed E-state index contributed by atoms with van der Waals surface area (Å²) in [5.74, 6) is 1.34. The fourth-order valence-electron chi connectivity index (χ4n) is 3.54. The minimum atomic E-state index is -0.650. The van der Waals surface area contributed by atoms with Crippen LogP contribution in [0, 0.1) is 0 Å². The van der Waals surface area contributed by atoms with Gasteiger partial charge in [0.15, 0.2) is 0 Å². The average molecular weight is 443 g/mol. The lowest BCUT2D eigenvalue weighted by Gasteiger charge is -2.14. The number of benzene rings is 2. The van der Waals surface area contributed by atoms with Gasteiger partial charge in [-0.1, -0.05) is 31.0 Å². The largest absolute Gasteiger partial charge is 0.491 e. The summed E-state index contributed by atoms with van der Waals surface area (Å²) >= 11 is 0. The molecule has 2 aromatic carbocycles. The third-order valence-corrected chi connectivity index (χ3v) is 5.28. The van der Waals surface area contributed by atoms with E-state index in [0.717, 1.165) is 18.6 Å².